The number of rotatable bonds is 6. The van der Waals surface area contributed by atoms with Crippen LogP contribution in [0.3, 0.4) is 0 Å². The molecule has 3 heteroatoms. The van der Waals surface area contributed by atoms with Crippen LogP contribution in [0.1, 0.15) is 53.4 Å². The van der Waals surface area contributed by atoms with Crippen LogP contribution in [0.15, 0.2) is 0 Å². The van der Waals surface area contributed by atoms with Crippen molar-refractivity contribution < 1.29 is 15.0 Å². The lowest BCUT2D eigenvalue weighted by Crippen LogP contribution is -2.31. The molecule has 0 aliphatic heterocycles. The molecule has 0 aliphatic carbocycles. The fourth-order valence-electron chi connectivity index (χ4n) is 1.67. The molecular weight excluding hydrogens is 192 g/mol. The quantitative estimate of drug-likeness (QED) is 0.717. The van der Waals surface area contributed by atoms with Gasteiger partial charge in [-0.15, -0.1) is 0 Å². The van der Waals surface area contributed by atoms with E-state index in [0.29, 0.717) is 12.8 Å². The van der Waals surface area contributed by atoms with Gasteiger partial charge in [-0.3, -0.25) is 4.79 Å². The van der Waals surface area contributed by atoms with E-state index in [1.54, 1.807) is 0 Å². The number of aliphatic carboxylic acids is 1. The van der Waals surface area contributed by atoms with Gasteiger partial charge in [0.15, 0.2) is 0 Å². The Kier molecular flexibility index (Phi) is 5.88. The minimum absolute atomic E-state index is 0.0284. The fraction of sp³-hybridized carbons (Fsp3) is 0.917. The first-order valence-electron chi connectivity index (χ1n) is 5.69. The van der Waals surface area contributed by atoms with Crippen LogP contribution in [-0.2, 0) is 4.79 Å². The van der Waals surface area contributed by atoms with E-state index in [0.717, 1.165) is 12.8 Å². The third kappa shape index (κ3) is 6.50. The molecule has 0 aromatic carbocycles. The third-order valence-electron chi connectivity index (χ3n) is 2.47. The van der Waals surface area contributed by atoms with Crippen molar-refractivity contribution in [1.82, 2.24) is 0 Å². The molecule has 0 spiro atoms. The topological polar surface area (TPSA) is 57.5 Å². The standard InChI is InChI=1S/C12H24O3/c1-5-6-7-9(11(14)15)10(13)8-12(2,3)4/h9-10,13H,5-8H2,1-4H3,(H,14,15). The number of unbranched alkanes of at least 4 members (excludes halogenated alkanes) is 1. The van der Waals surface area contributed by atoms with Gasteiger partial charge >= 0.3 is 5.97 Å². The van der Waals surface area contributed by atoms with Gasteiger partial charge in [-0.1, -0.05) is 40.5 Å². The molecule has 2 atom stereocenters. The van der Waals surface area contributed by atoms with Crippen molar-refractivity contribution in [1.29, 1.82) is 0 Å². The van der Waals surface area contributed by atoms with Gasteiger partial charge in [0.2, 0.25) is 0 Å². The minimum atomic E-state index is -0.875. The van der Waals surface area contributed by atoms with E-state index in [4.69, 9.17) is 5.11 Å². The lowest BCUT2D eigenvalue weighted by atomic mass is 9.83. The second-order valence-electron chi connectivity index (χ2n) is 5.42. The first kappa shape index (κ1) is 14.4. The van der Waals surface area contributed by atoms with Crippen molar-refractivity contribution in [2.75, 3.05) is 0 Å². The SMILES string of the molecule is CCCCC(C(=O)O)C(O)CC(C)(C)C. The van der Waals surface area contributed by atoms with Crippen LogP contribution in [0, 0.1) is 11.3 Å². The Bertz CT molecular complexity index is 194. The van der Waals surface area contributed by atoms with E-state index in [9.17, 15) is 9.90 Å². The van der Waals surface area contributed by atoms with Gasteiger partial charge in [-0.25, -0.2) is 0 Å². The molecule has 90 valence electrons. The molecule has 3 nitrogen and oxygen atoms in total. The van der Waals surface area contributed by atoms with Crippen LogP contribution < -0.4 is 0 Å². The van der Waals surface area contributed by atoms with Crippen molar-refractivity contribution in [3.63, 3.8) is 0 Å². The summed E-state index contributed by atoms with van der Waals surface area (Å²) in [5, 5.41) is 18.9. The average Bonchev–Trinajstić information content (AvgIpc) is 2.00. The van der Waals surface area contributed by atoms with E-state index in [1.165, 1.54) is 0 Å². The van der Waals surface area contributed by atoms with Gasteiger partial charge in [0.1, 0.15) is 0 Å². The van der Waals surface area contributed by atoms with Crippen molar-refractivity contribution in [3.8, 4) is 0 Å². The molecule has 0 rings (SSSR count). The summed E-state index contributed by atoms with van der Waals surface area (Å²) < 4.78 is 0. The summed E-state index contributed by atoms with van der Waals surface area (Å²) in [5.41, 5.74) is -0.0284. The van der Waals surface area contributed by atoms with Crippen LogP contribution in [0.4, 0.5) is 0 Å². The number of carbonyl (C=O) groups is 1. The number of aliphatic hydroxyl groups excluding tert-OH is 1. The monoisotopic (exact) mass is 216 g/mol. The molecule has 0 radical (unpaired) electrons. The van der Waals surface area contributed by atoms with E-state index in [2.05, 4.69) is 0 Å². The summed E-state index contributed by atoms with van der Waals surface area (Å²) >= 11 is 0. The van der Waals surface area contributed by atoms with Crippen LogP contribution in [0.2, 0.25) is 0 Å². The molecule has 0 aromatic rings. The zero-order valence-corrected chi connectivity index (χ0v) is 10.3. The maximum Gasteiger partial charge on any atom is 0.309 e. The van der Waals surface area contributed by atoms with Crippen molar-refractivity contribution >= 4 is 5.97 Å². The molecule has 0 saturated carbocycles. The van der Waals surface area contributed by atoms with Gasteiger partial charge < -0.3 is 10.2 Å². The van der Waals surface area contributed by atoms with E-state index in [-0.39, 0.29) is 5.41 Å². The number of carboxylic acids is 1. The van der Waals surface area contributed by atoms with E-state index >= 15 is 0 Å². The second-order valence-corrected chi connectivity index (χ2v) is 5.42. The van der Waals surface area contributed by atoms with Crippen LogP contribution >= 0.6 is 0 Å². The molecule has 15 heavy (non-hydrogen) atoms. The maximum absolute atomic E-state index is 11.0. The summed E-state index contributed by atoms with van der Waals surface area (Å²) in [6.45, 7) is 8.05. The Morgan fingerprint density at radius 1 is 1.33 bits per heavy atom. The van der Waals surface area contributed by atoms with Crippen molar-refractivity contribution in [2.24, 2.45) is 11.3 Å². The average molecular weight is 216 g/mol. The summed E-state index contributed by atoms with van der Waals surface area (Å²) in [5.74, 6) is -1.48. The summed E-state index contributed by atoms with van der Waals surface area (Å²) in [7, 11) is 0. The summed E-state index contributed by atoms with van der Waals surface area (Å²) in [6, 6.07) is 0. The molecule has 0 fully saturated rings. The van der Waals surface area contributed by atoms with Crippen LogP contribution in [0.5, 0.6) is 0 Å². The highest BCUT2D eigenvalue weighted by Gasteiger charge is 2.29. The van der Waals surface area contributed by atoms with Gasteiger partial charge in [0.05, 0.1) is 12.0 Å². The molecule has 0 aromatic heterocycles. The first-order valence-corrected chi connectivity index (χ1v) is 5.69. The predicted octanol–water partition coefficient (Wildman–Crippen LogP) is 2.67. The Labute approximate surface area is 92.5 Å². The molecular formula is C12H24O3. The third-order valence-corrected chi connectivity index (χ3v) is 2.47. The largest absolute Gasteiger partial charge is 0.481 e. The number of carboxylic acid groups (broad SMARTS) is 1. The first-order chi connectivity index (χ1) is 6.78. The van der Waals surface area contributed by atoms with Gasteiger partial charge in [-0.2, -0.15) is 0 Å². The Morgan fingerprint density at radius 3 is 2.20 bits per heavy atom. The molecule has 2 unspecified atom stereocenters. The molecule has 0 amide bonds. The Morgan fingerprint density at radius 2 is 1.87 bits per heavy atom. The maximum atomic E-state index is 11.0. The Balaban J connectivity index is 4.29. The lowest BCUT2D eigenvalue weighted by molar-refractivity contribution is -0.146. The minimum Gasteiger partial charge on any atom is -0.481 e. The molecule has 2 N–H and O–H groups in total. The van der Waals surface area contributed by atoms with Gasteiger partial charge in [0, 0.05) is 0 Å². The number of hydrogen-bond acceptors (Lipinski definition) is 2. The lowest BCUT2D eigenvalue weighted by Gasteiger charge is -2.26. The number of aliphatic hydroxyl groups is 1. The smallest absolute Gasteiger partial charge is 0.309 e. The molecule has 0 bridgehead atoms. The van der Waals surface area contributed by atoms with Crippen LogP contribution in [-0.4, -0.2) is 22.3 Å². The predicted molar refractivity (Wildman–Crippen MR) is 60.7 cm³/mol. The van der Waals surface area contributed by atoms with Gasteiger partial charge in [0.25, 0.3) is 0 Å². The summed E-state index contributed by atoms with van der Waals surface area (Å²) in [4.78, 5) is 11.0. The molecule has 0 saturated heterocycles. The highest BCUT2D eigenvalue weighted by molar-refractivity contribution is 5.70. The highest BCUT2D eigenvalue weighted by Crippen LogP contribution is 2.26. The van der Waals surface area contributed by atoms with Crippen molar-refractivity contribution in [2.45, 2.75) is 59.5 Å². The van der Waals surface area contributed by atoms with Crippen LogP contribution in [0.25, 0.3) is 0 Å². The van der Waals surface area contributed by atoms with Crippen molar-refractivity contribution in [3.05, 3.63) is 0 Å². The molecule has 0 heterocycles. The number of hydrogen-bond donors (Lipinski definition) is 2. The van der Waals surface area contributed by atoms with E-state index in [1.807, 2.05) is 27.7 Å². The fourth-order valence-corrected chi connectivity index (χ4v) is 1.67. The Hall–Kier alpha value is -0.570. The van der Waals surface area contributed by atoms with Gasteiger partial charge in [-0.05, 0) is 18.3 Å². The zero-order valence-electron chi connectivity index (χ0n) is 10.3. The second kappa shape index (κ2) is 6.11. The highest BCUT2D eigenvalue weighted by atomic mass is 16.4. The summed E-state index contributed by atoms with van der Waals surface area (Å²) in [6.07, 6.45) is 2.20. The zero-order chi connectivity index (χ0) is 12.1. The van der Waals surface area contributed by atoms with E-state index < -0.39 is 18.0 Å². The molecule has 0 aliphatic rings. The normalized spacial score (nSPS) is 16.1.